The molecule has 6 heteroatoms. The molecule has 3 rings (SSSR count). The highest BCUT2D eigenvalue weighted by Gasteiger charge is 2.14. The number of aromatic nitrogens is 1. The fourth-order valence-electron chi connectivity index (χ4n) is 2.83. The van der Waals surface area contributed by atoms with Crippen molar-refractivity contribution < 1.29 is 18.3 Å². The van der Waals surface area contributed by atoms with Gasteiger partial charge in [0.15, 0.2) is 11.6 Å². The summed E-state index contributed by atoms with van der Waals surface area (Å²) in [5.41, 5.74) is 1.48. The third kappa shape index (κ3) is 4.85. The molecule has 0 aliphatic rings. The summed E-state index contributed by atoms with van der Waals surface area (Å²) in [6, 6.07) is 9.60. The van der Waals surface area contributed by atoms with Crippen LogP contribution in [-0.4, -0.2) is 10.9 Å². The number of benzene rings is 1. The lowest BCUT2D eigenvalue weighted by Crippen LogP contribution is -2.24. The Morgan fingerprint density at radius 1 is 1.29 bits per heavy atom. The number of carbonyl (C=O) groups is 1. The van der Waals surface area contributed by atoms with Crippen LogP contribution in [0.15, 0.2) is 59.3 Å². The van der Waals surface area contributed by atoms with E-state index in [4.69, 9.17) is 9.15 Å². The first-order chi connectivity index (χ1) is 13.4. The number of ether oxygens (including phenoxy) is 1. The molecule has 1 aromatic carbocycles. The first-order valence-corrected chi connectivity index (χ1v) is 8.85. The van der Waals surface area contributed by atoms with Crippen LogP contribution in [0.25, 0.3) is 6.08 Å². The molecule has 0 radical (unpaired) electrons. The van der Waals surface area contributed by atoms with E-state index in [0.29, 0.717) is 11.3 Å². The summed E-state index contributed by atoms with van der Waals surface area (Å²) in [5, 5.41) is 2.87. The van der Waals surface area contributed by atoms with Gasteiger partial charge in [-0.3, -0.25) is 9.78 Å². The summed E-state index contributed by atoms with van der Waals surface area (Å²) in [6.45, 7) is 5.60. The average Bonchev–Trinajstić information content (AvgIpc) is 3.01. The molecule has 0 spiro atoms. The highest BCUT2D eigenvalue weighted by molar-refractivity contribution is 5.92. The summed E-state index contributed by atoms with van der Waals surface area (Å²) in [4.78, 5) is 16.1. The summed E-state index contributed by atoms with van der Waals surface area (Å²) in [5.74, 6) is 1.32. The van der Waals surface area contributed by atoms with Crippen LogP contribution in [0.3, 0.4) is 0 Å². The molecule has 1 N–H and O–H groups in total. The number of halogens is 1. The second-order valence-electron chi connectivity index (χ2n) is 6.41. The predicted octanol–water partition coefficient (Wildman–Crippen LogP) is 5.11. The number of hydrogen-bond acceptors (Lipinski definition) is 4. The van der Waals surface area contributed by atoms with Gasteiger partial charge in [-0.2, -0.15) is 0 Å². The molecule has 3 aromatic rings. The quantitative estimate of drug-likeness (QED) is 0.603. The van der Waals surface area contributed by atoms with Gasteiger partial charge in [-0.25, -0.2) is 4.39 Å². The number of nitrogens with one attached hydrogen (secondary N) is 1. The lowest BCUT2D eigenvalue weighted by atomic mass is 10.1. The minimum absolute atomic E-state index is 0.0917. The Bertz CT molecular complexity index is 996. The van der Waals surface area contributed by atoms with Gasteiger partial charge in [-0.05, 0) is 62.7 Å². The molecule has 1 unspecified atom stereocenters. The van der Waals surface area contributed by atoms with E-state index < -0.39 is 5.82 Å². The highest BCUT2D eigenvalue weighted by atomic mass is 19.1. The Morgan fingerprint density at radius 2 is 2.11 bits per heavy atom. The molecule has 5 nitrogen and oxygen atoms in total. The molecule has 2 heterocycles. The van der Waals surface area contributed by atoms with E-state index in [0.717, 1.165) is 17.1 Å². The van der Waals surface area contributed by atoms with E-state index in [1.807, 2.05) is 26.8 Å². The molecule has 0 saturated heterocycles. The maximum atomic E-state index is 14.2. The molecule has 0 aliphatic carbocycles. The average molecular weight is 380 g/mol. The molecular weight excluding hydrogens is 359 g/mol. The minimum atomic E-state index is -0.524. The third-order valence-corrected chi connectivity index (χ3v) is 4.15. The maximum absolute atomic E-state index is 14.2. The van der Waals surface area contributed by atoms with Gasteiger partial charge in [0.1, 0.15) is 17.3 Å². The van der Waals surface area contributed by atoms with Crippen LogP contribution >= 0.6 is 0 Å². The fraction of sp³-hybridized carbons (Fsp3) is 0.182. The number of aryl methyl sites for hydroxylation is 2. The summed E-state index contributed by atoms with van der Waals surface area (Å²) >= 11 is 0. The first-order valence-electron chi connectivity index (χ1n) is 8.85. The van der Waals surface area contributed by atoms with Gasteiger partial charge >= 0.3 is 0 Å². The van der Waals surface area contributed by atoms with Crippen LogP contribution < -0.4 is 10.1 Å². The van der Waals surface area contributed by atoms with Crippen molar-refractivity contribution in [3.8, 4) is 11.5 Å². The Kier molecular flexibility index (Phi) is 5.89. The molecule has 0 fully saturated rings. The SMILES string of the molecule is Cc1cc(C(C)NC(=O)/C=C/c2ccc(Oc3cccnc3)c(F)c2)c(C)o1. The van der Waals surface area contributed by atoms with Crippen molar-refractivity contribution in [2.75, 3.05) is 0 Å². The van der Waals surface area contributed by atoms with Gasteiger partial charge in [0.05, 0.1) is 12.2 Å². The lowest BCUT2D eigenvalue weighted by Gasteiger charge is -2.11. The van der Waals surface area contributed by atoms with Gasteiger partial charge in [0, 0.05) is 17.8 Å². The zero-order valence-corrected chi connectivity index (χ0v) is 15.9. The second kappa shape index (κ2) is 8.52. The third-order valence-electron chi connectivity index (χ3n) is 4.15. The smallest absolute Gasteiger partial charge is 0.244 e. The normalized spacial score (nSPS) is 12.1. The molecular formula is C22H21FN2O3. The summed E-state index contributed by atoms with van der Waals surface area (Å²) < 4.78 is 25.2. The van der Waals surface area contributed by atoms with Gasteiger partial charge < -0.3 is 14.5 Å². The molecule has 1 amide bonds. The van der Waals surface area contributed by atoms with Crippen LogP contribution in [0, 0.1) is 19.7 Å². The van der Waals surface area contributed by atoms with Gasteiger partial charge in [-0.15, -0.1) is 0 Å². The number of furan rings is 1. The van der Waals surface area contributed by atoms with Gasteiger partial charge in [0.25, 0.3) is 0 Å². The number of nitrogens with zero attached hydrogens (tertiary/aromatic N) is 1. The molecule has 144 valence electrons. The molecule has 28 heavy (non-hydrogen) atoms. The predicted molar refractivity (Wildman–Crippen MR) is 104 cm³/mol. The largest absolute Gasteiger partial charge is 0.466 e. The molecule has 2 aromatic heterocycles. The van der Waals surface area contributed by atoms with E-state index in [2.05, 4.69) is 10.3 Å². The van der Waals surface area contributed by atoms with Gasteiger partial charge in [0.2, 0.25) is 5.91 Å². The molecule has 0 saturated carbocycles. The highest BCUT2D eigenvalue weighted by Crippen LogP contribution is 2.25. The standard InChI is InChI=1S/C22H21FN2O3/c1-14-11-19(16(3)27-14)15(2)25-22(26)9-7-17-6-8-21(20(23)12-17)28-18-5-4-10-24-13-18/h4-13,15H,1-3H3,(H,25,26)/b9-7+. The Morgan fingerprint density at radius 3 is 2.75 bits per heavy atom. The number of amides is 1. The number of carbonyl (C=O) groups excluding carboxylic acids is 1. The molecule has 0 bridgehead atoms. The van der Waals surface area contributed by atoms with Crippen molar-refractivity contribution in [3.63, 3.8) is 0 Å². The van der Waals surface area contributed by atoms with Crippen LogP contribution in [-0.2, 0) is 4.79 Å². The number of rotatable bonds is 6. The fourth-order valence-corrected chi connectivity index (χ4v) is 2.83. The number of hydrogen-bond donors (Lipinski definition) is 1. The van der Waals surface area contributed by atoms with Crippen LogP contribution in [0.4, 0.5) is 4.39 Å². The zero-order valence-electron chi connectivity index (χ0n) is 15.9. The molecule has 0 aliphatic heterocycles. The second-order valence-corrected chi connectivity index (χ2v) is 6.41. The van der Waals surface area contributed by atoms with E-state index in [1.54, 1.807) is 30.5 Å². The van der Waals surface area contributed by atoms with Gasteiger partial charge in [-0.1, -0.05) is 6.07 Å². The van der Waals surface area contributed by atoms with Crippen molar-refractivity contribution in [1.29, 1.82) is 0 Å². The lowest BCUT2D eigenvalue weighted by molar-refractivity contribution is -0.117. The van der Waals surface area contributed by atoms with E-state index in [-0.39, 0.29) is 17.7 Å². The summed E-state index contributed by atoms with van der Waals surface area (Å²) in [6.07, 6.45) is 6.03. The topological polar surface area (TPSA) is 64.4 Å². The Balaban J connectivity index is 1.62. The molecule has 1 atom stereocenters. The van der Waals surface area contributed by atoms with Crippen molar-refractivity contribution in [2.24, 2.45) is 0 Å². The number of pyridine rings is 1. The minimum Gasteiger partial charge on any atom is -0.466 e. The van der Waals surface area contributed by atoms with Crippen LogP contribution in [0.2, 0.25) is 0 Å². The first kappa shape index (κ1) is 19.4. The Labute approximate surface area is 162 Å². The monoisotopic (exact) mass is 380 g/mol. The van der Waals surface area contributed by atoms with Crippen LogP contribution in [0.1, 0.15) is 35.6 Å². The van der Waals surface area contributed by atoms with Crippen molar-refractivity contribution in [2.45, 2.75) is 26.8 Å². The zero-order chi connectivity index (χ0) is 20.1. The summed E-state index contributed by atoms with van der Waals surface area (Å²) in [7, 11) is 0. The van der Waals surface area contributed by atoms with E-state index in [1.165, 1.54) is 24.4 Å². The Hall–Kier alpha value is -3.41. The van der Waals surface area contributed by atoms with Crippen molar-refractivity contribution in [3.05, 3.63) is 83.3 Å². The maximum Gasteiger partial charge on any atom is 0.244 e. The van der Waals surface area contributed by atoms with E-state index in [9.17, 15) is 9.18 Å². The van der Waals surface area contributed by atoms with Crippen molar-refractivity contribution >= 4 is 12.0 Å². The van der Waals surface area contributed by atoms with Crippen molar-refractivity contribution in [1.82, 2.24) is 10.3 Å². The van der Waals surface area contributed by atoms with E-state index >= 15 is 0 Å². The van der Waals surface area contributed by atoms with Crippen LogP contribution in [0.5, 0.6) is 11.5 Å².